The number of methoxy groups -OCH3 is 1. The van der Waals surface area contributed by atoms with Gasteiger partial charge in [-0.25, -0.2) is 0 Å². The Hall–Kier alpha value is -1.11. The van der Waals surface area contributed by atoms with Crippen LogP contribution in [0.3, 0.4) is 0 Å². The molecule has 0 aromatic heterocycles. The Bertz CT molecular complexity index is 411. The van der Waals surface area contributed by atoms with Crippen LogP contribution in [0.25, 0.3) is 0 Å². The van der Waals surface area contributed by atoms with Crippen LogP contribution in [-0.4, -0.2) is 25.2 Å². The Morgan fingerprint density at radius 1 is 1.50 bits per heavy atom. The fourth-order valence-corrected chi connectivity index (χ4v) is 2.29. The summed E-state index contributed by atoms with van der Waals surface area (Å²) in [5.41, 5.74) is 2.41. The zero-order valence-corrected chi connectivity index (χ0v) is 12.1. The molecule has 0 spiro atoms. The lowest BCUT2D eigenvalue weighted by atomic mass is 10.1. The number of thioether (sulfide) groups is 1. The number of ether oxygens (including phenoxy) is 1. The maximum absolute atomic E-state index is 5.42. The second-order valence-electron chi connectivity index (χ2n) is 4.18. The number of hydrogen-bond acceptors (Lipinski definition) is 3. The van der Waals surface area contributed by atoms with E-state index in [-0.39, 0.29) is 6.04 Å². The van der Waals surface area contributed by atoms with Gasteiger partial charge in [-0.15, -0.1) is 18.2 Å². The summed E-state index contributed by atoms with van der Waals surface area (Å²) in [6, 6.07) is 6.59. The molecule has 0 fully saturated rings. The Morgan fingerprint density at radius 3 is 2.94 bits per heavy atom. The summed E-state index contributed by atoms with van der Waals surface area (Å²) in [6.07, 6.45) is 5.21. The third-order valence-electron chi connectivity index (χ3n) is 2.74. The van der Waals surface area contributed by atoms with Crippen molar-refractivity contribution in [2.24, 2.45) is 0 Å². The van der Waals surface area contributed by atoms with Crippen molar-refractivity contribution in [3.63, 3.8) is 0 Å². The number of nitrogens with one attached hydrogen (secondary N) is 1. The second kappa shape index (κ2) is 8.07. The Labute approximate surface area is 115 Å². The molecule has 98 valence electrons. The van der Waals surface area contributed by atoms with E-state index in [0.29, 0.717) is 0 Å². The van der Waals surface area contributed by atoms with Crippen LogP contribution in [0.4, 0.5) is 0 Å². The quantitative estimate of drug-likeness (QED) is 0.603. The molecule has 1 aromatic rings. The molecule has 0 aliphatic heterocycles. The summed E-state index contributed by atoms with van der Waals surface area (Å²) >= 11 is 1.77. The monoisotopic (exact) mass is 263 g/mol. The Kier molecular flexibility index (Phi) is 6.70. The van der Waals surface area contributed by atoms with Crippen LogP contribution < -0.4 is 10.1 Å². The standard InChI is InChI=1S/C15H21NOS/c1-5-9-18-10-8-16-13(3)14-7-6-12(2)11-15(14)17-4/h1,6-7,11,13,16H,8-10H2,2-4H3. The third kappa shape index (κ3) is 4.64. The summed E-state index contributed by atoms with van der Waals surface area (Å²) in [5, 5.41) is 3.48. The predicted octanol–water partition coefficient (Wildman–Crippen LogP) is 3.02. The van der Waals surface area contributed by atoms with Crippen molar-refractivity contribution in [3.05, 3.63) is 29.3 Å². The number of hydrogen-bond donors (Lipinski definition) is 1. The van der Waals surface area contributed by atoms with E-state index < -0.39 is 0 Å². The van der Waals surface area contributed by atoms with Gasteiger partial charge in [0.05, 0.1) is 12.9 Å². The number of terminal acetylenes is 1. The van der Waals surface area contributed by atoms with Gasteiger partial charge in [0, 0.05) is 23.9 Å². The van der Waals surface area contributed by atoms with Crippen LogP contribution in [0.15, 0.2) is 18.2 Å². The van der Waals surface area contributed by atoms with E-state index in [1.165, 1.54) is 11.1 Å². The van der Waals surface area contributed by atoms with E-state index in [0.717, 1.165) is 23.8 Å². The third-order valence-corrected chi connectivity index (χ3v) is 3.60. The van der Waals surface area contributed by atoms with Crippen molar-refractivity contribution in [1.82, 2.24) is 5.32 Å². The Morgan fingerprint density at radius 2 is 2.28 bits per heavy atom. The van der Waals surface area contributed by atoms with Gasteiger partial charge in [-0.2, -0.15) is 0 Å². The van der Waals surface area contributed by atoms with E-state index in [2.05, 4.69) is 43.3 Å². The topological polar surface area (TPSA) is 21.3 Å². The molecule has 0 aliphatic rings. The molecule has 1 rings (SSSR count). The van der Waals surface area contributed by atoms with Crippen LogP contribution in [0, 0.1) is 19.3 Å². The minimum Gasteiger partial charge on any atom is -0.496 e. The van der Waals surface area contributed by atoms with E-state index in [4.69, 9.17) is 11.2 Å². The zero-order chi connectivity index (χ0) is 13.4. The minimum atomic E-state index is 0.284. The van der Waals surface area contributed by atoms with E-state index >= 15 is 0 Å². The summed E-state index contributed by atoms with van der Waals surface area (Å²) in [6.45, 7) is 5.17. The highest BCUT2D eigenvalue weighted by atomic mass is 32.2. The second-order valence-corrected chi connectivity index (χ2v) is 5.28. The summed E-state index contributed by atoms with van der Waals surface area (Å²) in [7, 11) is 1.72. The van der Waals surface area contributed by atoms with Gasteiger partial charge in [0.15, 0.2) is 0 Å². The fraction of sp³-hybridized carbons (Fsp3) is 0.467. The molecule has 1 unspecified atom stereocenters. The molecule has 0 aliphatic carbocycles. The molecule has 18 heavy (non-hydrogen) atoms. The molecule has 0 heterocycles. The van der Waals surface area contributed by atoms with Crippen molar-refractivity contribution >= 4 is 11.8 Å². The van der Waals surface area contributed by atoms with Crippen molar-refractivity contribution in [3.8, 4) is 18.1 Å². The molecule has 1 N–H and O–H groups in total. The molecule has 1 atom stereocenters. The number of aryl methyl sites for hydroxylation is 1. The molecule has 0 saturated carbocycles. The predicted molar refractivity (Wildman–Crippen MR) is 80.3 cm³/mol. The van der Waals surface area contributed by atoms with Crippen LogP contribution in [-0.2, 0) is 0 Å². The van der Waals surface area contributed by atoms with Gasteiger partial charge in [0.2, 0.25) is 0 Å². The highest BCUT2D eigenvalue weighted by Gasteiger charge is 2.10. The van der Waals surface area contributed by atoms with Crippen LogP contribution in [0.5, 0.6) is 5.75 Å². The number of benzene rings is 1. The first kappa shape index (κ1) is 14.9. The largest absolute Gasteiger partial charge is 0.496 e. The molecule has 0 saturated heterocycles. The fourth-order valence-electron chi connectivity index (χ4n) is 1.76. The van der Waals surface area contributed by atoms with Crippen LogP contribution >= 0.6 is 11.8 Å². The van der Waals surface area contributed by atoms with E-state index in [1.54, 1.807) is 18.9 Å². The molecular weight excluding hydrogens is 242 g/mol. The van der Waals surface area contributed by atoms with E-state index in [1.807, 2.05) is 0 Å². The first-order valence-corrected chi connectivity index (χ1v) is 7.23. The molecule has 0 bridgehead atoms. The lowest BCUT2D eigenvalue weighted by Crippen LogP contribution is -2.22. The van der Waals surface area contributed by atoms with Gasteiger partial charge in [-0.05, 0) is 25.5 Å². The van der Waals surface area contributed by atoms with Crippen molar-refractivity contribution < 1.29 is 4.74 Å². The minimum absolute atomic E-state index is 0.284. The summed E-state index contributed by atoms with van der Waals surface area (Å²) in [4.78, 5) is 0. The molecule has 0 amide bonds. The maximum Gasteiger partial charge on any atom is 0.123 e. The maximum atomic E-state index is 5.42. The highest BCUT2D eigenvalue weighted by molar-refractivity contribution is 7.99. The molecule has 3 heteroatoms. The van der Waals surface area contributed by atoms with Gasteiger partial charge in [-0.1, -0.05) is 18.1 Å². The summed E-state index contributed by atoms with van der Waals surface area (Å²) < 4.78 is 5.42. The smallest absolute Gasteiger partial charge is 0.123 e. The van der Waals surface area contributed by atoms with Crippen molar-refractivity contribution in [2.75, 3.05) is 25.2 Å². The number of rotatable bonds is 7. The lowest BCUT2D eigenvalue weighted by molar-refractivity contribution is 0.402. The summed E-state index contributed by atoms with van der Waals surface area (Å²) in [5.74, 6) is 5.39. The van der Waals surface area contributed by atoms with Gasteiger partial charge >= 0.3 is 0 Å². The molecule has 2 nitrogen and oxygen atoms in total. The van der Waals surface area contributed by atoms with Gasteiger partial charge in [-0.3, -0.25) is 0 Å². The van der Waals surface area contributed by atoms with E-state index in [9.17, 15) is 0 Å². The average molecular weight is 263 g/mol. The molecule has 0 radical (unpaired) electrons. The average Bonchev–Trinajstić information content (AvgIpc) is 2.38. The first-order chi connectivity index (χ1) is 8.69. The van der Waals surface area contributed by atoms with Crippen LogP contribution in [0.1, 0.15) is 24.1 Å². The highest BCUT2D eigenvalue weighted by Crippen LogP contribution is 2.25. The van der Waals surface area contributed by atoms with Gasteiger partial charge in [0.25, 0.3) is 0 Å². The van der Waals surface area contributed by atoms with Crippen LogP contribution in [0.2, 0.25) is 0 Å². The van der Waals surface area contributed by atoms with Gasteiger partial charge in [0.1, 0.15) is 5.75 Å². The Balaban J connectivity index is 2.51. The SMILES string of the molecule is C#CCSCCNC(C)c1ccc(C)cc1OC. The molecule has 1 aromatic carbocycles. The first-order valence-electron chi connectivity index (χ1n) is 6.08. The lowest BCUT2D eigenvalue weighted by Gasteiger charge is -2.17. The molecular formula is C15H21NOS. The normalized spacial score (nSPS) is 11.9. The zero-order valence-electron chi connectivity index (χ0n) is 11.3. The van der Waals surface area contributed by atoms with Crippen molar-refractivity contribution in [1.29, 1.82) is 0 Å². The van der Waals surface area contributed by atoms with Crippen molar-refractivity contribution in [2.45, 2.75) is 19.9 Å². The van der Waals surface area contributed by atoms with Gasteiger partial charge < -0.3 is 10.1 Å².